The Labute approximate surface area is 112 Å². The number of carbonyl (C=O) groups excluding carboxylic acids is 1. The molecular weight excluding hydrogens is 228 g/mol. The molecule has 1 amide bonds. The molecule has 0 rings (SSSR count). The topological polar surface area (TPSA) is 50.4 Å². The van der Waals surface area contributed by atoms with Gasteiger partial charge < -0.3 is 15.4 Å². The molecule has 4 heteroatoms. The average molecular weight is 258 g/mol. The molecule has 0 aromatic heterocycles. The first-order valence-electron chi connectivity index (χ1n) is 7.19. The van der Waals surface area contributed by atoms with Crippen LogP contribution in [0.4, 0.5) is 0 Å². The van der Waals surface area contributed by atoms with Crippen LogP contribution < -0.4 is 10.6 Å². The lowest BCUT2D eigenvalue weighted by atomic mass is 10.1. The first-order chi connectivity index (χ1) is 8.70. The molecular formula is C14H30N2O2. The third kappa shape index (κ3) is 11.9. The Kier molecular flexibility index (Phi) is 12.4. The van der Waals surface area contributed by atoms with E-state index < -0.39 is 0 Å². The summed E-state index contributed by atoms with van der Waals surface area (Å²) >= 11 is 0. The Hall–Kier alpha value is -0.610. The molecule has 2 N–H and O–H groups in total. The second-order valence-electron chi connectivity index (χ2n) is 4.80. The summed E-state index contributed by atoms with van der Waals surface area (Å²) in [5.41, 5.74) is 0. The number of unbranched alkanes of at least 4 members (excludes halogenated alkanes) is 3. The molecule has 1 atom stereocenters. The molecule has 0 bridgehead atoms. The third-order valence-corrected chi connectivity index (χ3v) is 2.96. The van der Waals surface area contributed by atoms with Gasteiger partial charge in [0.2, 0.25) is 5.91 Å². The van der Waals surface area contributed by atoms with Gasteiger partial charge in [-0.3, -0.25) is 4.79 Å². The van der Waals surface area contributed by atoms with E-state index in [-0.39, 0.29) is 5.91 Å². The van der Waals surface area contributed by atoms with Crippen molar-refractivity contribution in [3.63, 3.8) is 0 Å². The Bertz CT molecular complexity index is 198. The highest BCUT2D eigenvalue weighted by molar-refractivity contribution is 5.75. The van der Waals surface area contributed by atoms with E-state index in [1.807, 2.05) is 0 Å². The maximum atomic E-state index is 11.4. The molecule has 0 saturated heterocycles. The number of nitrogens with one attached hydrogen (secondary N) is 2. The van der Waals surface area contributed by atoms with E-state index in [0.717, 1.165) is 6.54 Å². The fourth-order valence-electron chi connectivity index (χ4n) is 1.79. The van der Waals surface area contributed by atoms with Crippen molar-refractivity contribution < 1.29 is 9.53 Å². The van der Waals surface area contributed by atoms with Gasteiger partial charge in [0, 0.05) is 32.7 Å². The number of hydrogen-bond acceptors (Lipinski definition) is 3. The summed E-state index contributed by atoms with van der Waals surface area (Å²) in [6.07, 6.45) is 6.95. The van der Waals surface area contributed by atoms with Crippen LogP contribution in [0.1, 0.15) is 52.4 Å². The quantitative estimate of drug-likeness (QED) is 0.527. The average Bonchev–Trinajstić information content (AvgIpc) is 2.35. The lowest BCUT2D eigenvalue weighted by Crippen LogP contribution is -2.33. The van der Waals surface area contributed by atoms with Crippen LogP contribution >= 0.6 is 0 Å². The summed E-state index contributed by atoms with van der Waals surface area (Å²) in [7, 11) is 1.63. The molecule has 108 valence electrons. The van der Waals surface area contributed by atoms with Crippen molar-refractivity contribution in [1.29, 1.82) is 0 Å². The molecule has 4 nitrogen and oxygen atoms in total. The molecule has 0 saturated carbocycles. The Morgan fingerprint density at radius 3 is 2.67 bits per heavy atom. The van der Waals surface area contributed by atoms with E-state index in [4.69, 9.17) is 4.74 Å². The summed E-state index contributed by atoms with van der Waals surface area (Å²) in [4.78, 5) is 11.4. The fourth-order valence-corrected chi connectivity index (χ4v) is 1.79. The minimum atomic E-state index is 0.0951. The van der Waals surface area contributed by atoms with Gasteiger partial charge in [-0.25, -0.2) is 0 Å². The Balaban J connectivity index is 3.32. The zero-order chi connectivity index (χ0) is 13.6. The van der Waals surface area contributed by atoms with E-state index in [1.54, 1.807) is 7.11 Å². The molecule has 0 heterocycles. The van der Waals surface area contributed by atoms with Crippen LogP contribution in [0.5, 0.6) is 0 Å². The zero-order valence-corrected chi connectivity index (χ0v) is 12.3. The van der Waals surface area contributed by atoms with Crippen molar-refractivity contribution in [2.24, 2.45) is 0 Å². The minimum Gasteiger partial charge on any atom is -0.383 e. The highest BCUT2D eigenvalue weighted by Crippen LogP contribution is 2.04. The van der Waals surface area contributed by atoms with Gasteiger partial charge in [0.25, 0.3) is 0 Å². The maximum Gasteiger partial charge on any atom is 0.221 e. The molecule has 0 fully saturated rings. The number of rotatable bonds is 12. The second-order valence-corrected chi connectivity index (χ2v) is 4.80. The Morgan fingerprint density at radius 2 is 2.00 bits per heavy atom. The molecule has 1 unspecified atom stereocenters. The largest absolute Gasteiger partial charge is 0.383 e. The summed E-state index contributed by atoms with van der Waals surface area (Å²) in [6, 6.07) is 0.508. The summed E-state index contributed by atoms with van der Waals surface area (Å²) in [5, 5.41) is 6.20. The normalized spacial score (nSPS) is 12.4. The van der Waals surface area contributed by atoms with Gasteiger partial charge in [-0.2, -0.15) is 0 Å². The zero-order valence-electron chi connectivity index (χ0n) is 12.3. The fraction of sp³-hybridized carbons (Fsp3) is 0.929. The number of hydrogen-bond donors (Lipinski definition) is 2. The Morgan fingerprint density at radius 1 is 1.22 bits per heavy atom. The minimum absolute atomic E-state index is 0.0951. The summed E-state index contributed by atoms with van der Waals surface area (Å²) in [5.74, 6) is 0.0951. The van der Waals surface area contributed by atoms with Crippen molar-refractivity contribution >= 4 is 5.91 Å². The van der Waals surface area contributed by atoms with Crippen molar-refractivity contribution in [3.8, 4) is 0 Å². The van der Waals surface area contributed by atoms with E-state index >= 15 is 0 Å². The molecule has 18 heavy (non-hydrogen) atoms. The van der Waals surface area contributed by atoms with Gasteiger partial charge in [0.05, 0.1) is 6.61 Å². The highest BCUT2D eigenvalue weighted by Gasteiger charge is 2.03. The van der Waals surface area contributed by atoms with Crippen molar-refractivity contribution in [3.05, 3.63) is 0 Å². The predicted octanol–water partition coefficient (Wildman–Crippen LogP) is 2.09. The molecule has 0 aliphatic heterocycles. The molecule has 0 radical (unpaired) electrons. The summed E-state index contributed by atoms with van der Waals surface area (Å²) < 4.78 is 4.87. The number of ether oxygens (including phenoxy) is 1. The van der Waals surface area contributed by atoms with Crippen LogP contribution in [0.25, 0.3) is 0 Å². The maximum absolute atomic E-state index is 11.4. The molecule has 0 aromatic rings. The van der Waals surface area contributed by atoms with Crippen molar-refractivity contribution in [2.45, 2.75) is 58.4 Å². The standard InChI is InChI=1S/C14H30N2O2/c1-4-5-6-7-8-13(2)15-10-9-14(17)16-11-12-18-3/h13,15H,4-12H2,1-3H3,(H,16,17). The molecule has 0 aliphatic rings. The van der Waals surface area contributed by atoms with Gasteiger partial charge in [-0.1, -0.05) is 32.6 Å². The van der Waals surface area contributed by atoms with Crippen LogP contribution in [0.2, 0.25) is 0 Å². The highest BCUT2D eigenvalue weighted by atomic mass is 16.5. The van der Waals surface area contributed by atoms with Gasteiger partial charge in [0.1, 0.15) is 0 Å². The van der Waals surface area contributed by atoms with Crippen LogP contribution in [-0.2, 0) is 9.53 Å². The van der Waals surface area contributed by atoms with Crippen molar-refractivity contribution in [1.82, 2.24) is 10.6 Å². The van der Waals surface area contributed by atoms with Gasteiger partial charge >= 0.3 is 0 Å². The van der Waals surface area contributed by atoms with E-state index in [1.165, 1.54) is 32.1 Å². The van der Waals surface area contributed by atoms with Crippen LogP contribution in [0.15, 0.2) is 0 Å². The molecule has 0 aliphatic carbocycles. The third-order valence-electron chi connectivity index (χ3n) is 2.96. The molecule has 0 spiro atoms. The number of amides is 1. The van der Waals surface area contributed by atoms with E-state index in [9.17, 15) is 4.79 Å². The van der Waals surface area contributed by atoms with Gasteiger partial charge in [-0.15, -0.1) is 0 Å². The lowest BCUT2D eigenvalue weighted by molar-refractivity contribution is -0.121. The lowest BCUT2D eigenvalue weighted by Gasteiger charge is -2.13. The van der Waals surface area contributed by atoms with Crippen molar-refractivity contribution in [2.75, 3.05) is 26.8 Å². The SMILES string of the molecule is CCCCCCC(C)NCCC(=O)NCCOC. The predicted molar refractivity (Wildman–Crippen MR) is 75.7 cm³/mol. The van der Waals surface area contributed by atoms with Crippen LogP contribution in [0.3, 0.4) is 0 Å². The first kappa shape index (κ1) is 17.4. The van der Waals surface area contributed by atoms with E-state index in [0.29, 0.717) is 25.6 Å². The van der Waals surface area contributed by atoms with Crippen LogP contribution in [0, 0.1) is 0 Å². The first-order valence-corrected chi connectivity index (χ1v) is 7.19. The summed E-state index contributed by atoms with van der Waals surface area (Å²) in [6.45, 7) is 6.35. The number of carbonyl (C=O) groups is 1. The number of methoxy groups -OCH3 is 1. The van der Waals surface area contributed by atoms with Crippen LogP contribution in [-0.4, -0.2) is 38.8 Å². The van der Waals surface area contributed by atoms with E-state index in [2.05, 4.69) is 24.5 Å². The smallest absolute Gasteiger partial charge is 0.221 e. The van der Waals surface area contributed by atoms with Gasteiger partial charge in [-0.05, 0) is 13.3 Å². The molecule has 0 aromatic carbocycles. The van der Waals surface area contributed by atoms with Gasteiger partial charge in [0.15, 0.2) is 0 Å². The second kappa shape index (κ2) is 12.8. The monoisotopic (exact) mass is 258 g/mol.